The van der Waals surface area contributed by atoms with Gasteiger partial charge in [0.15, 0.2) is 0 Å². The lowest BCUT2D eigenvalue weighted by Gasteiger charge is -2.32. The molecule has 1 saturated carbocycles. The van der Waals surface area contributed by atoms with Gasteiger partial charge in [0.2, 0.25) is 0 Å². The number of aromatic nitrogens is 1. The smallest absolute Gasteiger partial charge is 0.142 e. The topological polar surface area (TPSA) is 54.2 Å². The van der Waals surface area contributed by atoms with Gasteiger partial charge in [0.05, 0.1) is 0 Å². The van der Waals surface area contributed by atoms with Crippen LogP contribution in [0.15, 0.2) is 0 Å². The highest BCUT2D eigenvalue weighted by Crippen LogP contribution is 2.47. The SMILES string of the molecule is CN(C)C(C)(C)CNc1snc(N)c1C1CC1. The number of hydrogen-bond donors (Lipinski definition) is 2. The zero-order valence-corrected chi connectivity index (χ0v) is 11.9. The molecular weight excluding hydrogens is 232 g/mol. The Bertz CT molecular complexity index is 393. The largest absolute Gasteiger partial charge is 0.383 e. The van der Waals surface area contributed by atoms with Crippen LogP contribution in [0.1, 0.15) is 38.2 Å². The van der Waals surface area contributed by atoms with Gasteiger partial charge in [0, 0.05) is 17.6 Å². The summed E-state index contributed by atoms with van der Waals surface area (Å²) in [5.74, 6) is 1.38. The van der Waals surface area contributed by atoms with Crippen LogP contribution in [0.25, 0.3) is 0 Å². The number of anilines is 2. The third-order valence-electron chi connectivity index (χ3n) is 3.63. The summed E-state index contributed by atoms with van der Waals surface area (Å²) in [5.41, 5.74) is 7.31. The van der Waals surface area contributed by atoms with Crippen molar-refractivity contribution in [2.24, 2.45) is 0 Å². The Morgan fingerprint density at radius 3 is 2.65 bits per heavy atom. The third kappa shape index (κ3) is 2.72. The standard InChI is InChI=1S/C12H22N4S/c1-12(2,16(3)4)7-14-11-9(8-5-6-8)10(13)15-17-11/h8,14H,5-7H2,1-4H3,(H2,13,15). The van der Waals surface area contributed by atoms with E-state index in [1.807, 2.05) is 0 Å². The van der Waals surface area contributed by atoms with Gasteiger partial charge in [-0.1, -0.05) is 0 Å². The number of nitrogens with one attached hydrogen (secondary N) is 1. The van der Waals surface area contributed by atoms with Crippen molar-refractivity contribution in [2.75, 3.05) is 31.7 Å². The highest BCUT2D eigenvalue weighted by Gasteiger charge is 2.31. The molecular formula is C12H22N4S. The first kappa shape index (κ1) is 12.6. The van der Waals surface area contributed by atoms with E-state index < -0.39 is 0 Å². The van der Waals surface area contributed by atoms with Crippen molar-refractivity contribution in [3.05, 3.63) is 5.56 Å². The number of likely N-dealkylation sites (N-methyl/N-ethyl adjacent to an activating group) is 1. The fourth-order valence-electron chi connectivity index (χ4n) is 1.66. The molecule has 0 aliphatic heterocycles. The maximum Gasteiger partial charge on any atom is 0.142 e. The molecule has 96 valence electrons. The molecule has 17 heavy (non-hydrogen) atoms. The van der Waals surface area contributed by atoms with Crippen molar-refractivity contribution >= 4 is 22.4 Å². The van der Waals surface area contributed by atoms with Gasteiger partial charge in [-0.15, -0.1) is 0 Å². The summed E-state index contributed by atoms with van der Waals surface area (Å²) in [6.45, 7) is 5.35. The molecule has 1 aliphatic carbocycles. The molecule has 1 fully saturated rings. The Morgan fingerprint density at radius 1 is 1.47 bits per heavy atom. The molecule has 1 aromatic rings. The van der Waals surface area contributed by atoms with Crippen molar-refractivity contribution in [3.8, 4) is 0 Å². The van der Waals surface area contributed by atoms with E-state index in [1.165, 1.54) is 34.9 Å². The second-order valence-corrected chi connectivity index (χ2v) is 6.42. The van der Waals surface area contributed by atoms with E-state index in [2.05, 4.69) is 42.5 Å². The van der Waals surface area contributed by atoms with Gasteiger partial charge in [-0.3, -0.25) is 0 Å². The van der Waals surface area contributed by atoms with Crippen LogP contribution in [-0.4, -0.2) is 35.5 Å². The first-order valence-corrected chi connectivity index (χ1v) is 6.85. The molecule has 0 aromatic carbocycles. The van der Waals surface area contributed by atoms with Gasteiger partial charge in [-0.25, -0.2) is 0 Å². The zero-order chi connectivity index (χ0) is 12.6. The van der Waals surface area contributed by atoms with E-state index in [9.17, 15) is 0 Å². The lowest BCUT2D eigenvalue weighted by atomic mass is 10.0. The van der Waals surface area contributed by atoms with Crippen LogP contribution in [0.3, 0.4) is 0 Å². The fourth-order valence-corrected chi connectivity index (χ4v) is 2.45. The predicted octanol–water partition coefficient (Wildman–Crippen LogP) is 2.35. The second-order valence-electron chi connectivity index (χ2n) is 5.65. The van der Waals surface area contributed by atoms with Crippen molar-refractivity contribution in [1.29, 1.82) is 0 Å². The van der Waals surface area contributed by atoms with E-state index in [4.69, 9.17) is 5.73 Å². The summed E-state index contributed by atoms with van der Waals surface area (Å²) in [5, 5.41) is 4.68. The first-order valence-electron chi connectivity index (χ1n) is 6.08. The maximum atomic E-state index is 5.93. The molecule has 0 radical (unpaired) electrons. The number of nitrogens with zero attached hydrogens (tertiary/aromatic N) is 2. The minimum absolute atomic E-state index is 0.125. The zero-order valence-electron chi connectivity index (χ0n) is 11.1. The average molecular weight is 254 g/mol. The van der Waals surface area contributed by atoms with Gasteiger partial charge in [-0.05, 0) is 58.2 Å². The minimum atomic E-state index is 0.125. The van der Waals surface area contributed by atoms with E-state index >= 15 is 0 Å². The highest BCUT2D eigenvalue weighted by molar-refractivity contribution is 7.10. The number of rotatable bonds is 5. The van der Waals surface area contributed by atoms with E-state index in [-0.39, 0.29) is 5.54 Å². The average Bonchev–Trinajstić information content (AvgIpc) is 3.00. The van der Waals surface area contributed by atoms with Crippen molar-refractivity contribution in [3.63, 3.8) is 0 Å². The Hall–Kier alpha value is -0.810. The lowest BCUT2D eigenvalue weighted by Crippen LogP contribution is -2.44. The van der Waals surface area contributed by atoms with Crippen molar-refractivity contribution in [1.82, 2.24) is 9.27 Å². The van der Waals surface area contributed by atoms with Crippen LogP contribution < -0.4 is 11.1 Å². The van der Waals surface area contributed by atoms with Gasteiger partial charge in [0.25, 0.3) is 0 Å². The quantitative estimate of drug-likeness (QED) is 0.847. The molecule has 1 aromatic heterocycles. The normalized spacial score (nSPS) is 16.5. The molecule has 0 saturated heterocycles. The Kier molecular flexibility index (Phi) is 3.32. The molecule has 4 nitrogen and oxygen atoms in total. The number of hydrogen-bond acceptors (Lipinski definition) is 5. The maximum absolute atomic E-state index is 5.93. The van der Waals surface area contributed by atoms with Crippen molar-refractivity contribution < 1.29 is 0 Å². The van der Waals surface area contributed by atoms with Gasteiger partial charge in [0.1, 0.15) is 10.8 Å². The summed E-state index contributed by atoms with van der Waals surface area (Å²) in [4.78, 5) is 2.22. The molecule has 0 spiro atoms. The summed E-state index contributed by atoms with van der Waals surface area (Å²) in [7, 11) is 4.20. The first-order chi connectivity index (χ1) is 7.92. The fraction of sp³-hybridized carbons (Fsp3) is 0.750. The monoisotopic (exact) mass is 254 g/mol. The van der Waals surface area contributed by atoms with E-state index in [1.54, 1.807) is 0 Å². The molecule has 0 amide bonds. The van der Waals surface area contributed by atoms with Crippen LogP contribution in [-0.2, 0) is 0 Å². The molecule has 1 aliphatic rings. The van der Waals surface area contributed by atoms with Gasteiger partial charge >= 0.3 is 0 Å². The van der Waals surface area contributed by atoms with Gasteiger partial charge < -0.3 is 16.0 Å². The lowest BCUT2D eigenvalue weighted by molar-refractivity contribution is 0.210. The second kappa shape index (κ2) is 4.46. The summed E-state index contributed by atoms with van der Waals surface area (Å²) in [6, 6.07) is 0. The molecule has 5 heteroatoms. The molecule has 1 heterocycles. The molecule has 0 unspecified atom stereocenters. The molecule has 0 atom stereocenters. The Morgan fingerprint density at radius 2 is 2.12 bits per heavy atom. The number of nitrogens with two attached hydrogens (primary N) is 1. The third-order valence-corrected chi connectivity index (χ3v) is 4.47. The highest BCUT2D eigenvalue weighted by atomic mass is 32.1. The van der Waals surface area contributed by atoms with Gasteiger partial charge in [-0.2, -0.15) is 4.37 Å². The Labute approximate surface area is 107 Å². The van der Waals surface area contributed by atoms with Crippen LogP contribution in [0, 0.1) is 0 Å². The molecule has 3 N–H and O–H groups in total. The molecule has 0 bridgehead atoms. The predicted molar refractivity (Wildman–Crippen MR) is 74.8 cm³/mol. The minimum Gasteiger partial charge on any atom is -0.383 e. The molecule has 2 rings (SSSR count). The van der Waals surface area contributed by atoms with Crippen LogP contribution in [0.2, 0.25) is 0 Å². The summed E-state index contributed by atoms with van der Waals surface area (Å²) < 4.78 is 4.27. The number of nitrogen functional groups attached to an aromatic ring is 1. The summed E-state index contributed by atoms with van der Waals surface area (Å²) >= 11 is 1.49. The van der Waals surface area contributed by atoms with E-state index in [0.717, 1.165) is 12.4 Å². The van der Waals surface area contributed by atoms with E-state index in [0.29, 0.717) is 5.92 Å². The Balaban J connectivity index is 2.04. The van der Waals surface area contributed by atoms with Crippen LogP contribution in [0.4, 0.5) is 10.8 Å². The van der Waals surface area contributed by atoms with Crippen LogP contribution in [0.5, 0.6) is 0 Å². The van der Waals surface area contributed by atoms with Crippen LogP contribution >= 0.6 is 11.5 Å². The van der Waals surface area contributed by atoms with Crippen molar-refractivity contribution in [2.45, 2.75) is 38.1 Å². The summed E-state index contributed by atoms with van der Waals surface area (Å²) in [6.07, 6.45) is 2.52.